The monoisotopic (exact) mass is 468 g/mol. The number of amides is 1. The van der Waals surface area contributed by atoms with E-state index in [0.717, 1.165) is 40.5 Å². The summed E-state index contributed by atoms with van der Waals surface area (Å²) in [5.74, 6) is 0.742. The number of nitrogens with zero attached hydrogens (tertiary/aromatic N) is 3. The second kappa shape index (κ2) is 10.5. The summed E-state index contributed by atoms with van der Waals surface area (Å²) in [7, 11) is 0. The van der Waals surface area contributed by atoms with Gasteiger partial charge in [-0.05, 0) is 50.5 Å². The molecule has 1 aliphatic rings. The molecule has 0 radical (unpaired) electrons. The summed E-state index contributed by atoms with van der Waals surface area (Å²) in [6.07, 6.45) is 1.58. The predicted octanol–water partition coefficient (Wildman–Crippen LogP) is 4.37. The van der Waals surface area contributed by atoms with Gasteiger partial charge in [0.15, 0.2) is 11.0 Å². The van der Waals surface area contributed by atoms with Crippen molar-refractivity contribution < 1.29 is 13.9 Å². The topological polar surface area (TPSA) is 69.0 Å². The summed E-state index contributed by atoms with van der Waals surface area (Å²) in [6, 6.07) is 14.8. The van der Waals surface area contributed by atoms with Gasteiger partial charge in [-0.3, -0.25) is 4.79 Å². The number of aryl methyl sites for hydroxylation is 1. The smallest absolute Gasteiger partial charge is 0.230 e. The third kappa shape index (κ3) is 5.45. The highest BCUT2D eigenvalue weighted by atomic mass is 32.2. The number of rotatable bonds is 8. The van der Waals surface area contributed by atoms with Crippen LogP contribution in [0.4, 0.5) is 4.39 Å². The molecule has 174 valence electrons. The van der Waals surface area contributed by atoms with Crippen LogP contribution in [0, 0.1) is 12.7 Å². The third-order valence-corrected chi connectivity index (χ3v) is 7.14. The largest absolute Gasteiger partial charge is 0.381 e. The highest BCUT2D eigenvalue weighted by molar-refractivity contribution is 7.99. The van der Waals surface area contributed by atoms with Gasteiger partial charge in [0.1, 0.15) is 5.82 Å². The van der Waals surface area contributed by atoms with Crippen LogP contribution in [0.2, 0.25) is 0 Å². The molecule has 2 heterocycles. The minimum Gasteiger partial charge on any atom is -0.381 e. The van der Waals surface area contributed by atoms with Crippen molar-refractivity contribution in [2.75, 3.05) is 25.5 Å². The zero-order valence-corrected chi connectivity index (χ0v) is 19.8. The number of hydrogen-bond acceptors (Lipinski definition) is 5. The Balaban J connectivity index is 1.40. The van der Waals surface area contributed by atoms with Gasteiger partial charge in [-0.2, -0.15) is 0 Å². The van der Waals surface area contributed by atoms with E-state index in [-0.39, 0.29) is 22.9 Å². The van der Waals surface area contributed by atoms with Crippen molar-refractivity contribution in [1.29, 1.82) is 0 Å². The number of benzene rings is 2. The molecule has 3 aromatic rings. The van der Waals surface area contributed by atoms with Crippen LogP contribution in [0.15, 0.2) is 53.7 Å². The lowest BCUT2D eigenvalue weighted by molar-refractivity contribution is -0.119. The molecule has 0 unspecified atom stereocenters. The Morgan fingerprint density at radius 3 is 2.64 bits per heavy atom. The second-order valence-corrected chi connectivity index (χ2v) is 9.33. The number of thioether (sulfide) groups is 1. The Hall–Kier alpha value is -2.71. The molecule has 8 heteroatoms. The van der Waals surface area contributed by atoms with Gasteiger partial charge in [0, 0.05) is 37.3 Å². The standard InChI is InChI=1S/C25H29FN4O2S/c1-3-30-23(19-6-4-5-18(2)15-19)28-29-24(30)33-16-22(31)27-17-25(11-13-32-14-12-25)20-7-9-21(26)10-8-20/h4-10,15H,3,11-14,16-17H2,1-2H3,(H,27,31). The average Bonchev–Trinajstić information content (AvgIpc) is 3.25. The Labute approximate surface area is 197 Å². The molecule has 1 N–H and O–H groups in total. The van der Waals surface area contributed by atoms with Crippen molar-refractivity contribution in [3.8, 4) is 11.4 Å². The van der Waals surface area contributed by atoms with Crippen LogP contribution in [-0.2, 0) is 21.5 Å². The van der Waals surface area contributed by atoms with Gasteiger partial charge in [0.2, 0.25) is 5.91 Å². The lowest BCUT2D eigenvalue weighted by Gasteiger charge is -2.38. The van der Waals surface area contributed by atoms with Gasteiger partial charge in [0.05, 0.1) is 5.75 Å². The fraction of sp³-hybridized carbons (Fsp3) is 0.400. The summed E-state index contributed by atoms with van der Waals surface area (Å²) in [5, 5.41) is 12.5. The van der Waals surface area contributed by atoms with E-state index >= 15 is 0 Å². The van der Waals surface area contributed by atoms with E-state index in [0.29, 0.717) is 26.3 Å². The highest BCUT2D eigenvalue weighted by Gasteiger charge is 2.35. The van der Waals surface area contributed by atoms with E-state index in [1.165, 1.54) is 23.9 Å². The van der Waals surface area contributed by atoms with Crippen LogP contribution in [-0.4, -0.2) is 46.2 Å². The first-order chi connectivity index (χ1) is 16.0. The Bertz CT molecular complexity index is 1090. The minimum absolute atomic E-state index is 0.0595. The molecule has 2 aromatic carbocycles. The van der Waals surface area contributed by atoms with E-state index < -0.39 is 0 Å². The second-order valence-electron chi connectivity index (χ2n) is 8.38. The van der Waals surface area contributed by atoms with Crippen molar-refractivity contribution in [3.63, 3.8) is 0 Å². The molecule has 6 nitrogen and oxygen atoms in total. The summed E-state index contributed by atoms with van der Waals surface area (Å²) in [4.78, 5) is 12.7. The molecule has 1 amide bonds. The molecule has 0 bridgehead atoms. The molecule has 33 heavy (non-hydrogen) atoms. The van der Waals surface area contributed by atoms with Gasteiger partial charge in [-0.1, -0.05) is 47.7 Å². The number of halogens is 1. The van der Waals surface area contributed by atoms with Crippen molar-refractivity contribution in [3.05, 3.63) is 65.5 Å². The number of ether oxygens (including phenoxy) is 1. The molecule has 0 aliphatic carbocycles. The van der Waals surface area contributed by atoms with Gasteiger partial charge < -0.3 is 14.6 Å². The average molecular weight is 469 g/mol. The summed E-state index contributed by atoms with van der Waals surface area (Å²) in [6.45, 7) is 6.56. The molecule has 0 atom stereocenters. The maximum atomic E-state index is 13.4. The fourth-order valence-corrected chi connectivity index (χ4v) is 5.09. The van der Waals surface area contributed by atoms with E-state index in [1.807, 2.05) is 48.7 Å². The number of nitrogens with one attached hydrogen (secondary N) is 1. The van der Waals surface area contributed by atoms with Crippen molar-refractivity contribution in [1.82, 2.24) is 20.1 Å². The van der Waals surface area contributed by atoms with E-state index in [1.54, 1.807) is 0 Å². The summed E-state index contributed by atoms with van der Waals surface area (Å²) < 4.78 is 21.0. The molecular weight excluding hydrogens is 439 g/mol. The molecule has 1 aromatic heterocycles. The maximum absolute atomic E-state index is 13.4. The summed E-state index contributed by atoms with van der Waals surface area (Å²) >= 11 is 1.39. The van der Waals surface area contributed by atoms with Crippen molar-refractivity contribution >= 4 is 17.7 Å². The van der Waals surface area contributed by atoms with E-state index in [4.69, 9.17) is 4.74 Å². The van der Waals surface area contributed by atoms with Crippen molar-refractivity contribution in [2.24, 2.45) is 0 Å². The number of carbonyl (C=O) groups is 1. The first-order valence-electron chi connectivity index (χ1n) is 11.2. The zero-order chi connectivity index (χ0) is 23.3. The van der Waals surface area contributed by atoms with Crippen molar-refractivity contribution in [2.45, 2.75) is 43.8 Å². The minimum atomic E-state index is -0.258. The predicted molar refractivity (Wildman–Crippen MR) is 128 cm³/mol. The Morgan fingerprint density at radius 1 is 1.18 bits per heavy atom. The molecule has 1 fully saturated rings. The zero-order valence-electron chi connectivity index (χ0n) is 19.0. The van der Waals surface area contributed by atoms with Crippen LogP contribution >= 0.6 is 11.8 Å². The van der Waals surface area contributed by atoms with Crippen LogP contribution < -0.4 is 5.32 Å². The molecule has 4 rings (SSSR count). The van der Waals surface area contributed by atoms with Crippen LogP contribution in [0.3, 0.4) is 0 Å². The fourth-order valence-electron chi connectivity index (χ4n) is 4.26. The number of carbonyl (C=O) groups excluding carboxylic acids is 1. The lowest BCUT2D eigenvalue weighted by atomic mass is 9.74. The van der Waals surface area contributed by atoms with Gasteiger partial charge in [-0.25, -0.2) is 4.39 Å². The number of hydrogen-bond donors (Lipinski definition) is 1. The highest BCUT2D eigenvalue weighted by Crippen LogP contribution is 2.34. The maximum Gasteiger partial charge on any atom is 0.230 e. The third-order valence-electron chi connectivity index (χ3n) is 6.17. The van der Waals surface area contributed by atoms with Gasteiger partial charge in [-0.15, -0.1) is 10.2 Å². The van der Waals surface area contributed by atoms with Gasteiger partial charge >= 0.3 is 0 Å². The Kier molecular flexibility index (Phi) is 7.45. The quantitative estimate of drug-likeness (QED) is 0.497. The summed E-state index contributed by atoms with van der Waals surface area (Å²) in [5.41, 5.74) is 2.97. The van der Waals surface area contributed by atoms with Gasteiger partial charge in [0.25, 0.3) is 0 Å². The molecule has 1 aliphatic heterocycles. The van der Waals surface area contributed by atoms with E-state index in [9.17, 15) is 9.18 Å². The first kappa shape index (κ1) is 23.4. The molecular formula is C25H29FN4O2S. The number of aromatic nitrogens is 3. The van der Waals surface area contributed by atoms with Crippen LogP contribution in [0.25, 0.3) is 11.4 Å². The molecule has 0 spiro atoms. The molecule has 0 saturated carbocycles. The molecule has 1 saturated heterocycles. The lowest BCUT2D eigenvalue weighted by Crippen LogP contribution is -2.45. The van der Waals surface area contributed by atoms with E-state index in [2.05, 4.69) is 21.6 Å². The first-order valence-corrected chi connectivity index (χ1v) is 12.2. The SMILES string of the molecule is CCn1c(SCC(=O)NCC2(c3ccc(F)cc3)CCOCC2)nnc1-c1cccc(C)c1. The Morgan fingerprint density at radius 2 is 1.94 bits per heavy atom. The van der Waals surface area contributed by atoms with Crippen LogP contribution in [0.5, 0.6) is 0 Å². The van der Waals surface area contributed by atoms with Crippen LogP contribution in [0.1, 0.15) is 30.9 Å². The normalized spacial score (nSPS) is 15.4.